The van der Waals surface area contributed by atoms with Crippen molar-refractivity contribution in [2.24, 2.45) is 4.99 Å². The summed E-state index contributed by atoms with van der Waals surface area (Å²) >= 11 is 0. The predicted octanol–water partition coefficient (Wildman–Crippen LogP) is 2.71. The highest BCUT2D eigenvalue weighted by Gasteiger charge is 2.20. The highest BCUT2D eigenvalue weighted by atomic mass is 127. The van der Waals surface area contributed by atoms with Crippen molar-refractivity contribution in [3.8, 4) is 11.5 Å². The molecule has 1 heterocycles. The van der Waals surface area contributed by atoms with Crippen molar-refractivity contribution in [2.45, 2.75) is 26.0 Å². The van der Waals surface area contributed by atoms with E-state index in [1.807, 2.05) is 61.5 Å². The summed E-state index contributed by atoms with van der Waals surface area (Å²) in [5, 5.41) is 9.30. The summed E-state index contributed by atoms with van der Waals surface area (Å²) in [6.07, 6.45) is 0.225. The van der Waals surface area contributed by atoms with Gasteiger partial charge >= 0.3 is 0 Å². The van der Waals surface area contributed by atoms with Crippen molar-refractivity contribution in [1.29, 1.82) is 0 Å². The van der Waals surface area contributed by atoms with Gasteiger partial charge in [-0.15, -0.1) is 24.0 Å². The van der Waals surface area contributed by atoms with Crippen LogP contribution in [0.4, 0.5) is 0 Å². The highest BCUT2D eigenvalue weighted by molar-refractivity contribution is 14.0. The molecule has 0 radical (unpaired) electrons. The number of guanidine groups is 1. The number of halogens is 1. The fourth-order valence-corrected chi connectivity index (χ4v) is 2.87. The lowest BCUT2D eigenvalue weighted by atomic mass is 10.2. The van der Waals surface area contributed by atoms with Crippen molar-refractivity contribution in [3.63, 3.8) is 0 Å². The molecular formula is C22H29IN4O3. The summed E-state index contributed by atoms with van der Waals surface area (Å²) in [6.45, 7) is 4.69. The summed E-state index contributed by atoms with van der Waals surface area (Å²) in [4.78, 5) is 16.6. The molecule has 0 bridgehead atoms. The molecule has 2 aromatic rings. The van der Waals surface area contributed by atoms with Crippen molar-refractivity contribution in [1.82, 2.24) is 16.0 Å². The molecule has 2 aromatic carbocycles. The lowest BCUT2D eigenvalue weighted by Gasteiger charge is -2.25. The number of para-hydroxylation sites is 2. The molecule has 1 aliphatic rings. The first-order valence-electron chi connectivity index (χ1n) is 9.96. The molecule has 3 N–H and O–H groups in total. The van der Waals surface area contributed by atoms with Crippen LogP contribution in [0.2, 0.25) is 0 Å². The molecule has 0 aromatic heterocycles. The van der Waals surface area contributed by atoms with E-state index in [2.05, 4.69) is 20.9 Å². The molecular weight excluding hydrogens is 495 g/mol. The molecule has 0 spiro atoms. The predicted molar refractivity (Wildman–Crippen MR) is 129 cm³/mol. The van der Waals surface area contributed by atoms with Crippen molar-refractivity contribution in [2.75, 3.05) is 26.2 Å². The number of fused-ring (bicyclic) bond motifs is 1. The molecule has 0 saturated carbocycles. The van der Waals surface area contributed by atoms with Gasteiger partial charge in [0.2, 0.25) is 5.91 Å². The van der Waals surface area contributed by atoms with Crippen LogP contribution in [0, 0.1) is 0 Å². The Morgan fingerprint density at radius 2 is 1.77 bits per heavy atom. The minimum Gasteiger partial charge on any atom is -0.486 e. The number of ether oxygens (including phenoxy) is 2. The molecule has 1 atom stereocenters. The monoisotopic (exact) mass is 524 g/mol. The van der Waals surface area contributed by atoms with Crippen LogP contribution in [0.25, 0.3) is 0 Å². The molecule has 30 heavy (non-hydrogen) atoms. The quantitative estimate of drug-likeness (QED) is 0.281. The fourth-order valence-electron chi connectivity index (χ4n) is 2.87. The maximum Gasteiger partial charge on any atom is 0.222 e. The maximum absolute atomic E-state index is 12.0. The lowest BCUT2D eigenvalue weighted by Crippen LogP contribution is -2.40. The smallest absolute Gasteiger partial charge is 0.222 e. The molecule has 1 unspecified atom stereocenters. The van der Waals surface area contributed by atoms with E-state index in [0.29, 0.717) is 38.6 Å². The molecule has 0 saturated heterocycles. The van der Waals surface area contributed by atoms with Gasteiger partial charge in [-0.1, -0.05) is 42.5 Å². The van der Waals surface area contributed by atoms with Gasteiger partial charge in [-0.3, -0.25) is 4.79 Å². The van der Waals surface area contributed by atoms with Gasteiger partial charge in [0.25, 0.3) is 0 Å². The van der Waals surface area contributed by atoms with Gasteiger partial charge in [0.05, 0.1) is 6.54 Å². The van der Waals surface area contributed by atoms with Crippen LogP contribution in [-0.2, 0) is 11.3 Å². The average Bonchev–Trinajstić information content (AvgIpc) is 2.76. The van der Waals surface area contributed by atoms with E-state index in [9.17, 15) is 4.79 Å². The molecule has 0 fully saturated rings. The number of rotatable bonds is 8. The van der Waals surface area contributed by atoms with Gasteiger partial charge < -0.3 is 25.4 Å². The summed E-state index contributed by atoms with van der Waals surface area (Å²) < 4.78 is 11.6. The van der Waals surface area contributed by atoms with Crippen molar-refractivity contribution >= 4 is 35.8 Å². The van der Waals surface area contributed by atoms with Gasteiger partial charge in [-0.2, -0.15) is 0 Å². The average molecular weight is 524 g/mol. The number of hydrogen-bond donors (Lipinski definition) is 3. The Hall–Kier alpha value is -2.49. The molecule has 3 rings (SSSR count). The first-order chi connectivity index (χ1) is 14.2. The van der Waals surface area contributed by atoms with Crippen LogP contribution in [0.3, 0.4) is 0 Å². The van der Waals surface area contributed by atoms with E-state index >= 15 is 0 Å². The third-order valence-electron chi connectivity index (χ3n) is 4.34. The van der Waals surface area contributed by atoms with Crippen LogP contribution < -0.4 is 25.4 Å². The Labute approximate surface area is 194 Å². The third-order valence-corrected chi connectivity index (χ3v) is 4.34. The van der Waals surface area contributed by atoms with Crippen LogP contribution in [0.1, 0.15) is 18.9 Å². The number of hydrogen-bond acceptors (Lipinski definition) is 4. The molecule has 1 aliphatic heterocycles. The number of aliphatic imine (C=N–C) groups is 1. The second-order valence-electron chi connectivity index (χ2n) is 6.66. The normalized spacial score (nSPS) is 15.0. The maximum atomic E-state index is 12.0. The second kappa shape index (κ2) is 12.9. The van der Waals surface area contributed by atoms with Crippen LogP contribution in [0.15, 0.2) is 59.6 Å². The first kappa shape index (κ1) is 23.8. The highest BCUT2D eigenvalue weighted by Crippen LogP contribution is 2.30. The Morgan fingerprint density at radius 3 is 2.53 bits per heavy atom. The minimum absolute atomic E-state index is 0. The molecule has 1 amide bonds. The minimum atomic E-state index is -0.144. The van der Waals surface area contributed by atoms with E-state index in [0.717, 1.165) is 23.6 Å². The SMILES string of the molecule is CCNC(=NCC1COc2ccccc2O1)NCCC(=O)NCc1ccccc1.I. The third kappa shape index (κ3) is 7.74. The molecule has 0 aliphatic carbocycles. The molecule has 162 valence electrons. The Kier molecular flexibility index (Phi) is 10.3. The van der Waals surface area contributed by atoms with Gasteiger partial charge in [0, 0.05) is 26.1 Å². The topological polar surface area (TPSA) is 84.0 Å². The zero-order chi connectivity index (χ0) is 20.3. The number of carbonyl (C=O) groups is 1. The summed E-state index contributed by atoms with van der Waals surface area (Å²) in [5.41, 5.74) is 1.08. The van der Waals surface area contributed by atoms with E-state index in [-0.39, 0.29) is 36.0 Å². The molecule has 7 nitrogen and oxygen atoms in total. The summed E-state index contributed by atoms with van der Waals surface area (Å²) in [7, 11) is 0. The van der Waals surface area contributed by atoms with Gasteiger partial charge in [-0.05, 0) is 24.6 Å². The number of amides is 1. The zero-order valence-corrected chi connectivity index (χ0v) is 19.4. The number of nitrogens with zero attached hydrogens (tertiary/aromatic N) is 1. The zero-order valence-electron chi connectivity index (χ0n) is 17.1. The fraction of sp³-hybridized carbons (Fsp3) is 0.364. The van der Waals surface area contributed by atoms with E-state index in [1.54, 1.807) is 0 Å². The number of benzene rings is 2. The van der Waals surface area contributed by atoms with E-state index < -0.39 is 0 Å². The number of carbonyl (C=O) groups excluding carboxylic acids is 1. The Bertz CT molecular complexity index is 817. The van der Waals surface area contributed by atoms with E-state index in [1.165, 1.54) is 0 Å². The summed E-state index contributed by atoms with van der Waals surface area (Å²) in [6, 6.07) is 17.5. The van der Waals surface area contributed by atoms with Crippen LogP contribution in [0.5, 0.6) is 11.5 Å². The van der Waals surface area contributed by atoms with Crippen molar-refractivity contribution in [3.05, 3.63) is 60.2 Å². The van der Waals surface area contributed by atoms with Gasteiger partial charge in [0.1, 0.15) is 6.61 Å². The molecule has 8 heteroatoms. The van der Waals surface area contributed by atoms with Crippen LogP contribution >= 0.6 is 24.0 Å². The van der Waals surface area contributed by atoms with Crippen molar-refractivity contribution < 1.29 is 14.3 Å². The second-order valence-corrected chi connectivity index (χ2v) is 6.66. The Morgan fingerprint density at radius 1 is 1.03 bits per heavy atom. The summed E-state index contributed by atoms with van der Waals surface area (Å²) in [5.74, 6) is 2.16. The Balaban J connectivity index is 0.00000320. The van der Waals surface area contributed by atoms with Gasteiger partial charge in [-0.25, -0.2) is 4.99 Å². The largest absolute Gasteiger partial charge is 0.486 e. The van der Waals surface area contributed by atoms with E-state index in [4.69, 9.17) is 9.47 Å². The number of nitrogens with one attached hydrogen (secondary N) is 3. The first-order valence-corrected chi connectivity index (χ1v) is 9.96. The van der Waals surface area contributed by atoms with Crippen LogP contribution in [-0.4, -0.2) is 44.2 Å². The lowest BCUT2D eigenvalue weighted by molar-refractivity contribution is -0.121. The van der Waals surface area contributed by atoms with Gasteiger partial charge in [0.15, 0.2) is 23.6 Å². The standard InChI is InChI=1S/C22H28N4O3.HI/c1-2-23-22(24-13-12-21(27)25-14-17-8-4-3-5-9-17)26-15-18-16-28-19-10-6-7-11-20(19)29-18;/h3-11,18H,2,12-16H2,1H3,(H,25,27)(H2,23,24,26);1H.